The van der Waals surface area contributed by atoms with Gasteiger partial charge in [0.2, 0.25) is 11.8 Å². The van der Waals surface area contributed by atoms with E-state index in [1.807, 2.05) is 24.3 Å². The summed E-state index contributed by atoms with van der Waals surface area (Å²) in [6.45, 7) is 1.98. The van der Waals surface area contributed by atoms with Gasteiger partial charge in [0.15, 0.2) is 0 Å². The van der Waals surface area contributed by atoms with Gasteiger partial charge in [-0.2, -0.15) is 0 Å². The van der Waals surface area contributed by atoms with Crippen LogP contribution in [0.2, 0.25) is 0 Å². The number of benzene rings is 1. The molecule has 3 aliphatic heterocycles. The Morgan fingerprint density at radius 2 is 2.15 bits per heavy atom. The van der Waals surface area contributed by atoms with Crippen LogP contribution in [0.4, 0.5) is 5.69 Å². The van der Waals surface area contributed by atoms with Gasteiger partial charge in [-0.1, -0.05) is 24.3 Å². The third kappa shape index (κ3) is 2.09. The van der Waals surface area contributed by atoms with Crippen LogP contribution in [0, 0.1) is 0 Å². The van der Waals surface area contributed by atoms with Gasteiger partial charge < -0.3 is 20.7 Å². The molecule has 4 rings (SSSR count). The molecule has 26 heavy (non-hydrogen) atoms. The fourth-order valence-corrected chi connectivity index (χ4v) is 4.23. The number of hydrogen-bond acceptors (Lipinski definition) is 5. The lowest BCUT2D eigenvalue weighted by atomic mass is 9.73. The molecule has 0 aliphatic carbocycles. The van der Waals surface area contributed by atoms with E-state index in [-0.39, 0.29) is 18.9 Å². The standard InChI is InChI=1S/C19H19N3O4/c1-2-26-17(24)14-9-19(12-5-3-4-6-13(12)21-18(19)25)15-8-7-11(16(20)23)10-22(14)15/h3-8,10,14-15H,2,9H2,1H3,(H2,20,23)(H,21,25)/t14-,15+,19?/m1/s1. The Hall–Kier alpha value is -3.09. The summed E-state index contributed by atoms with van der Waals surface area (Å²) in [6, 6.07) is 6.41. The average molecular weight is 353 g/mol. The Balaban J connectivity index is 1.85. The highest BCUT2D eigenvalue weighted by molar-refractivity contribution is 6.08. The number of fused-ring (bicyclic) bond motifs is 4. The van der Waals surface area contributed by atoms with Gasteiger partial charge in [0.25, 0.3) is 0 Å². The molecule has 0 bridgehead atoms. The monoisotopic (exact) mass is 353 g/mol. The van der Waals surface area contributed by atoms with Gasteiger partial charge in [0, 0.05) is 11.9 Å². The van der Waals surface area contributed by atoms with Crippen LogP contribution >= 0.6 is 0 Å². The summed E-state index contributed by atoms with van der Waals surface area (Å²) in [5, 5.41) is 2.92. The number of para-hydroxylation sites is 1. The van der Waals surface area contributed by atoms with Gasteiger partial charge in [0.05, 0.1) is 18.2 Å². The fraction of sp³-hybridized carbons (Fsp3) is 0.316. The molecule has 7 heteroatoms. The second kappa shape index (κ2) is 5.72. The first kappa shape index (κ1) is 16.4. The lowest BCUT2D eigenvalue weighted by Gasteiger charge is -2.34. The lowest BCUT2D eigenvalue weighted by molar-refractivity contribution is -0.147. The molecule has 0 aromatic heterocycles. The third-order valence-corrected chi connectivity index (χ3v) is 5.35. The van der Waals surface area contributed by atoms with Crippen molar-refractivity contribution in [2.75, 3.05) is 11.9 Å². The minimum absolute atomic E-state index is 0.152. The summed E-state index contributed by atoms with van der Waals surface area (Å²) in [4.78, 5) is 38.9. The van der Waals surface area contributed by atoms with Crippen LogP contribution in [0.25, 0.3) is 0 Å². The van der Waals surface area contributed by atoms with Crippen LogP contribution < -0.4 is 11.1 Å². The van der Waals surface area contributed by atoms with Crippen molar-refractivity contribution in [1.82, 2.24) is 4.90 Å². The number of nitrogens with one attached hydrogen (secondary N) is 1. The number of hydrogen-bond donors (Lipinski definition) is 2. The van der Waals surface area contributed by atoms with E-state index in [9.17, 15) is 14.4 Å². The van der Waals surface area contributed by atoms with Crippen LogP contribution in [0.3, 0.4) is 0 Å². The number of ether oxygens (including phenoxy) is 1. The molecule has 1 aromatic rings. The summed E-state index contributed by atoms with van der Waals surface area (Å²) in [5.41, 5.74) is 6.38. The maximum Gasteiger partial charge on any atom is 0.328 e. The topological polar surface area (TPSA) is 102 Å². The van der Waals surface area contributed by atoms with Crippen molar-refractivity contribution in [3.63, 3.8) is 0 Å². The van der Waals surface area contributed by atoms with Gasteiger partial charge in [-0.15, -0.1) is 0 Å². The zero-order chi connectivity index (χ0) is 18.5. The maximum atomic E-state index is 13.0. The number of esters is 1. The second-order valence-electron chi connectivity index (χ2n) is 6.64. The Bertz CT molecular complexity index is 875. The van der Waals surface area contributed by atoms with E-state index in [1.54, 1.807) is 30.2 Å². The number of carbonyl (C=O) groups is 3. The highest BCUT2D eigenvalue weighted by atomic mass is 16.5. The van der Waals surface area contributed by atoms with Gasteiger partial charge >= 0.3 is 5.97 Å². The van der Waals surface area contributed by atoms with Crippen LogP contribution in [0.5, 0.6) is 0 Å². The fourth-order valence-electron chi connectivity index (χ4n) is 4.23. The quantitative estimate of drug-likeness (QED) is 0.784. The van der Waals surface area contributed by atoms with Gasteiger partial charge in [0.1, 0.15) is 11.5 Å². The SMILES string of the molecule is CCOC(=O)[C@H]1CC2(C(=O)Nc3ccccc32)[C@@H]2C=CC(C(N)=O)=CN12. The zero-order valence-electron chi connectivity index (χ0n) is 14.3. The van der Waals surface area contributed by atoms with Gasteiger partial charge in [-0.05, 0) is 31.1 Å². The molecular formula is C19H19N3O4. The zero-order valence-corrected chi connectivity index (χ0v) is 14.3. The highest BCUT2D eigenvalue weighted by Crippen LogP contribution is 2.51. The lowest BCUT2D eigenvalue weighted by Crippen LogP contribution is -2.46. The van der Waals surface area contributed by atoms with Crippen LogP contribution in [0.15, 0.2) is 48.2 Å². The number of anilines is 1. The minimum atomic E-state index is -0.913. The number of amides is 2. The third-order valence-electron chi connectivity index (χ3n) is 5.35. The van der Waals surface area contributed by atoms with E-state index in [0.717, 1.165) is 11.3 Å². The van der Waals surface area contributed by atoms with Crippen molar-refractivity contribution in [2.24, 2.45) is 5.73 Å². The first-order valence-electron chi connectivity index (χ1n) is 8.54. The van der Waals surface area contributed by atoms with E-state index in [0.29, 0.717) is 5.57 Å². The predicted octanol–water partition coefficient (Wildman–Crippen LogP) is 0.821. The molecule has 7 nitrogen and oxygen atoms in total. The molecule has 1 aromatic carbocycles. The van der Waals surface area contributed by atoms with Crippen molar-refractivity contribution in [3.8, 4) is 0 Å². The summed E-state index contributed by atoms with van der Waals surface area (Å²) in [7, 11) is 0. The van der Waals surface area contributed by atoms with E-state index < -0.39 is 29.4 Å². The summed E-state index contributed by atoms with van der Waals surface area (Å²) < 4.78 is 5.21. The largest absolute Gasteiger partial charge is 0.464 e. The van der Waals surface area contributed by atoms with Crippen molar-refractivity contribution >= 4 is 23.5 Å². The van der Waals surface area contributed by atoms with Crippen LogP contribution in [-0.2, 0) is 24.5 Å². The predicted molar refractivity (Wildman–Crippen MR) is 93.8 cm³/mol. The molecule has 3 aliphatic rings. The molecule has 1 fully saturated rings. The number of carbonyl (C=O) groups excluding carboxylic acids is 3. The van der Waals surface area contributed by atoms with Crippen LogP contribution in [0.1, 0.15) is 18.9 Å². The molecule has 3 atom stereocenters. The molecule has 3 N–H and O–H groups in total. The van der Waals surface area contributed by atoms with Crippen molar-refractivity contribution < 1.29 is 19.1 Å². The molecule has 3 heterocycles. The normalized spacial score (nSPS) is 28.4. The van der Waals surface area contributed by atoms with Crippen molar-refractivity contribution in [1.29, 1.82) is 0 Å². The summed E-state index contributed by atoms with van der Waals surface area (Å²) in [5.74, 6) is -1.15. The Morgan fingerprint density at radius 1 is 1.38 bits per heavy atom. The molecule has 0 saturated carbocycles. The molecule has 1 spiro atoms. The number of nitrogens with two attached hydrogens (primary N) is 1. The Morgan fingerprint density at radius 3 is 2.88 bits per heavy atom. The van der Waals surface area contributed by atoms with Crippen molar-refractivity contribution in [2.45, 2.75) is 30.8 Å². The molecule has 1 unspecified atom stereocenters. The molecular weight excluding hydrogens is 334 g/mol. The molecule has 134 valence electrons. The Labute approximate surface area is 150 Å². The highest BCUT2D eigenvalue weighted by Gasteiger charge is 2.61. The van der Waals surface area contributed by atoms with E-state index >= 15 is 0 Å². The summed E-state index contributed by atoms with van der Waals surface area (Å²) >= 11 is 0. The van der Waals surface area contributed by atoms with E-state index in [4.69, 9.17) is 10.5 Å². The molecule has 2 amide bonds. The smallest absolute Gasteiger partial charge is 0.328 e. The first-order valence-corrected chi connectivity index (χ1v) is 8.54. The van der Waals surface area contributed by atoms with Crippen molar-refractivity contribution in [3.05, 3.63) is 53.8 Å². The first-order chi connectivity index (χ1) is 12.5. The molecule has 1 saturated heterocycles. The summed E-state index contributed by atoms with van der Waals surface area (Å²) in [6.07, 6.45) is 5.23. The second-order valence-corrected chi connectivity index (χ2v) is 6.64. The van der Waals surface area contributed by atoms with Crippen LogP contribution in [-0.4, -0.2) is 41.4 Å². The molecule has 0 radical (unpaired) electrons. The minimum Gasteiger partial charge on any atom is -0.464 e. The Kier molecular flexibility index (Phi) is 3.61. The number of rotatable bonds is 3. The van der Waals surface area contributed by atoms with E-state index in [2.05, 4.69) is 5.32 Å². The van der Waals surface area contributed by atoms with Gasteiger partial charge in [-0.3, -0.25) is 9.59 Å². The maximum absolute atomic E-state index is 13.0. The number of primary amides is 1. The van der Waals surface area contributed by atoms with Gasteiger partial charge in [-0.25, -0.2) is 4.79 Å². The van der Waals surface area contributed by atoms with E-state index in [1.165, 1.54) is 0 Å². The average Bonchev–Trinajstić information content (AvgIpc) is 3.12. The number of nitrogens with zero attached hydrogens (tertiary/aromatic N) is 1.